The summed E-state index contributed by atoms with van der Waals surface area (Å²) in [5, 5.41) is 20.2. The van der Waals surface area contributed by atoms with Gasteiger partial charge in [0.1, 0.15) is 6.10 Å². The van der Waals surface area contributed by atoms with E-state index in [4.69, 9.17) is 9.84 Å². The molecule has 0 aromatic carbocycles. The van der Waals surface area contributed by atoms with Gasteiger partial charge in [-0.3, -0.25) is 9.59 Å². The predicted molar refractivity (Wildman–Crippen MR) is 95.5 cm³/mol. The number of carboxylic acid groups (broad SMARTS) is 1. The van der Waals surface area contributed by atoms with Crippen LogP contribution >= 0.6 is 0 Å². The highest BCUT2D eigenvalue weighted by atomic mass is 16.5. The second kappa shape index (κ2) is 9.53. The Kier molecular flexibility index (Phi) is 8.35. The Morgan fingerprint density at radius 3 is 1.84 bits per heavy atom. The maximum Gasteiger partial charge on any atom is 0.306 e. The van der Waals surface area contributed by atoms with Crippen LogP contribution < -0.4 is 0 Å². The van der Waals surface area contributed by atoms with Gasteiger partial charge in [-0.1, -0.05) is 25.7 Å². The average Bonchev–Trinajstić information content (AvgIpc) is 2.46. The molecule has 146 valence electrons. The van der Waals surface area contributed by atoms with Crippen molar-refractivity contribution in [1.82, 2.24) is 5.06 Å². The summed E-state index contributed by atoms with van der Waals surface area (Å²) in [4.78, 5) is 22.5. The van der Waals surface area contributed by atoms with E-state index in [1.807, 2.05) is 27.7 Å². The monoisotopic (exact) mass is 357 g/mol. The number of unbranched alkanes of at least 4 members (excludes halogenated alkanes) is 5. The average molecular weight is 357 g/mol. The van der Waals surface area contributed by atoms with Crippen molar-refractivity contribution in [1.29, 1.82) is 0 Å². The number of piperidine rings is 1. The van der Waals surface area contributed by atoms with E-state index in [0.717, 1.165) is 38.5 Å². The molecule has 0 atom stereocenters. The molecule has 6 heteroatoms. The summed E-state index contributed by atoms with van der Waals surface area (Å²) >= 11 is 0. The van der Waals surface area contributed by atoms with Gasteiger partial charge in [-0.15, -0.1) is 0 Å². The van der Waals surface area contributed by atoms with E-state index >= 15 is 0 Å². The van der Waals surface area contributed by atoms with Crippen molar-refractivity contribution < 1.29 is 24.6 Å². The largest absolute Gasteiger partial charge is 0.481 e. The van der Waals surface area contributed by atoms with Crippen molar-refractivity contribution in [3.05, 3.63) is 0 Å². The van der Waals surface area contributed by atoms with E-state index in [9.17, 15) is 14.8 Å². The number of aliphatic carboxylic acids is 1. The van der Waals surface area contributed by atoms with Crippen LogP contribution in [0.1, 0.15) is 91.9 Å². The van der Waals surface area contributed by atoms with Crippen LogP contribution in [-0.4, -0.2) is 44.5 Å². The van der Waals surface area contributed by atoms with Crippen LogP contribution in [0.4, 0.5) is 0 Å². The number of carboxylic acids is 1. The number of carbonyl (C=O) groups is 2. The molecule has 0 aliphatic carbocycles. The van der Waals surface area contributed by atoms with Crippen LogP contribution in [0, 0.1) is 0 Å². The smallest absolute Gasteiger partial charge is 0.306 e. The second-order valence-corrected chi connectivity index (χ2v) is 8.47. The lowest BCUT2D eigenvalue weighted by Gasteiger charge is -2.50. The Labute approximate surface area is 151 Å². The van der Waals surface area contributed by atoms with Crippen LogP contribution in [0.25, 0.3) is 0 Å². The number of hydroxylamine groups is 2. The van der Waals surface area contributed by atoms with Crippen LogP contribution in [0.3, 0.4) is 0 Å². The fourth-order valence-electron chi connectivity index (χ4n) is 3.76. The first-order valence-electron chi connectivity index (χ1n) is 9.45. The highest BCUT2D eigenvalue weighted by Crippen LogP contribution is 2.38. The SMILES string of the molecule is CC1(C)CC(OC(=O)CCCCCCCCC(=O)O)CC(C)(C)N1O. The first kappa shape index (κ1) is 21.9. The molecular weight excluding hydrogens is 322 g/mol. The Hall–Kier alpha value is -1.14. The van der Waals surface area contributed by atoms with Crippen LogP contribution in [0.15, 0.2) is 0 Å². The fourth-order valence-corrected chi connectivity index (χ4v) is 3.76. The van der Waals surface area contributed by atoms with Gasteiger partial charge in [0.2, 0.25) is 0 Å². The maximum absolute atomic E-state index is 12.1. The van der Waals surface area contributed by atoms with Gasteiger partial charge in [0, 0.05) is 36.8 Å². The second-order valence-electron chi connectivity index (χ2n) is 8.47. The van der Waals surface area contributed by atoms with Gasteiger partial charge in [0.25, 0.3) is 0 Å². The number of esters is 1. The molecule has 1 saturated heterocycles. The number of ether oxygens (including phenoxy) is 1. The molecule has 1 fully saturated rings. The lowest BCUT2D eigenvalue weighted by Crippen LogP contribution is -2.60. The summed E-state index contributed by atoms with van der Waals surface area (Å²) in [6, 6.07) is 0. The summed E-state index contributed by atoms with van der Waals surface area (Å²) in [5.74, 6) is -0.894. The van der Waals surface area contributed by atoms with Crippen molar-refractivity contribution in [2.24, 2.45) is 0 Å². The van der Waals surface area contributed by atoms with E-state index in [0.29, 0.717) is 19.3 Å². The number of carbonyl (C=O) groups excluding carboxylic acids is 1. The molecule has 1 aliphatic rings. The number of rotatable bonds is 10. The summed E-state index contributed by atoms with van der Waals surface area (Å²) < 4.78 is 5.64. The molecule has 0 radical (unpaired) electrons. The third kappa shape index (κ3) is 7.74. The summed E-state index contributed by atoms with van der Waals surface area (Å²) in [5.41, 5.74) is -0.828. The first-order chi connectivity index (χ1) is 11.5. The molecule has 1 rings (SSSR count). The maximum atomic E-state index is 12.1. The van der Waals surface area contributed by atoms with Gasteiger partial charge in [-0.2, -0.15) is 5.06 Å². The van der Waals surface area contributed by atoms with Gasteiger partial charge >= 0.3 is 11.9 Å². The summed E-state index contributed by atoms with van der Waals surface area (Å²) in [7, 11) is 0. The quantitative estimate of drug-likeness (QED) is 0.451. The molecule has 25 heavy (non-hydrogen) atoms. The molecule has 1 heterocycles. The normalized spacial score (nSPS) is 20.4. The fraction of sp³-hybridized carbons (Fsp3) is 0.895. The molecule has 2 N–H and O–H groups in total. The molecule has 0 unspecified atom stereocenters. The third-order valence-electron chi connectivity index (χ3n) is 4.92. The zero-order chi connectivity index (χ0) is 19.1. The molecular formula is C19H35NO5. The molecule has 0 amide bonds. The zero-order valence-electron chi connectivity index (χ0n) is 16.2. The first-order valence-corrected chi connectivity index (χ1v) is 9.45. The molecule has 0 spiro atoms. The van der Waals surface area contributed by atoms with E-state index < -0.39 is 17.0 Å². The van der Waals surface area contributed by atoms with Crippen LogP contribution in [-0.2, 0) is 14.3 Å². The topological polar surface area (TPSA) is 87.1 Å². The summed E-state index contributed by atoms with van der Waals surface area (Å²) in [6.45, 7) is 7.83. The minimum absolute atomic E-state index is 0.156. The highest BCUT2D eigenvalue weighted by molar-refractivity contribution is 5.69. The van der Waals surface area contributed by atoms with Crippen LogP contribution in [0.5, 0.6) is 0 Å². The molecule has 1 aliphatic heterocycles. The molecule has 0 aromatic heterocycles. The third-order valence-corrected chi connectivity index (χ3v) is 4.92. The van der Waals surface area contributed by atoms with E-state index in [-0.39, 0.29) is 18.5 Å². The number of hydrogen-bond donors (Lipinski definition) is 2. The van der Waals surface area contributed by atoms with E-state index in [2.05, 4.69) is 0 Å². The Balaban J connectivity index is 2.19. The lowest BCUT2D eigenvalue weighted by molar-refractivity contribution is -0.259. The minimum atomic E-state index is -0.735. The molecule has 0 aromatic rings. The molecule has 6 nitrogen and oxygen atoms in total. The predicted octanol–water partition coefficient (Wildman–Crippen LogP) is 4.15. The number of nitrogens with zero attached hydrogens (tertiary/aromatic N) is 1. The highest BCUT2D eigenvalue weighted by Gasteiger charge is 2.46. The zero-order valence-corrected chi connectivity index (χ0v) is 16.2. The standard InChI is InChI=1S/C19H35NO5/c1-18(2)13-15(14-19(3,4)20(18)24)25-17(23)12-10-8-6-5-7-9-11-16(21)22/h15,24H,5-14H2,1-4H3,(H,21,22). The van der Waals surface area contributed by atoms with Crippen molar-refractivity contribution in [2.75, 3.05) is 0 Å². The van der Waals surface area contributed by atoms with Gasteiger partial charge in [0.15, 0.2) is 0 Å². The van der Waals surface area contributed by atoms with E-state index in [1.54, 1.807) is 0 Å². The van der Waals surface area contributed by atoms with Crippen molar-refractivity contribution >= 4 is 11.9 Å². The van der Waals surface area contributed by atoms with Gasteiger partial charge in [-0.25, -0.2) is 0 Å². The van der Waals surface area contributed by atoms with E-state index in [1.165, 1.54) is 5.06 Å². The van der Waals surface area contributed by atoms with Gasteiger partial charge in [0.05, 0.1) is 0 Å². The number of hydrogen-bond acceptors (Lipinski definition) is 5. The Bertz CT molecular complexity index is 429. The van der Waals surface area contributed by atoms with Crippen molar-refractivity contribution in [3.8, 4) is 0 Å². The van der Waals surface area contributed by atoms with Crippen molar-refractivity contribution in [3.63, 3.8) is 0 Å². The van der Waals surface area contributed by atoms with Crippen LogP contribution in [0.2, 0.25) is 0 Å². The summed E-state index contributed by atoms with van der Waals surface area (Å²) in [6.07, 6.45) is 7.24. The molecule has 0 saturated carbocycles. The minimum Gasteiger partial charge on any atom is -0.481 e. The molecule has 0 bridgehead atoms. The van der Waals surface area contributed by atoms with Gasteiger partial charge < -0.3 is 15.1 Å². The van der Waals surface area contributed by atoms with Gasteiger partial charge in [-0.05, 0) is 40.5 Å². The lowest BCUT2D eigenvalue weighted by atomic mass is 9.80. The van der Waals surface area contributed by atoms with Crippen molar-refractivity contribution in [2.45, 2.75) is 109 Å². The Morgan fingerprint density at radius 1 is 0.920 bits per heavy atom. The Morgan fingerprint density at radius 2 is 1.36 bits per heavy atom.